The summed E-state index contributed by atoms with van der Waals surface area (Å²) >= 11 is 23.6. The first kappa shape index (κ1) is 23.5. The molecule has 31 heavy (non-hydrogen) atoms. The first-order valence-corrected chi connectivity index (χ1v) is 11.6. The van der Waals surface area contributed by atoms with E-state index >= 15 is 0 Å². The predicted octanol–water partition coefficient (Wildman–Crippen LogP) is 6.12. The van der Waals surface area contributed by atoms with Gasteiger partial charge in [-0.2, -0.15) is 0 Å². The molecule has 0 fully saturated rings. The second kappa shape index (κ2) is 9.97. The Hall–Kier alpha value is -2.16. The zero-order valence-corrected chi connectivity index (χ0v) is 19.4. The number of rotatable bonds is 7. The van der Waals surface area contributed by atoms with E-state index in [0.29, 0.717) is 26.5 Å². The minimum Gasteiger partial charge on any atom is -0.484 e. The molecule has 0 unspecified atom stereocenters. The summed E-state index contributed by atoms with van der Waals surface area (Å²) in [6, 6.07) is 14.6. The Labute approximate surface area is 199 Å². The van der Waals surface area contributed by atoms with E-state index in [1.54, 1.807) is 12.1 Å². The molecule has 0 radical (unpaired) electrons. The van der Waals surface area contributed by atoms with Gasteiger partial charge < -0.3 is 10.1 Å². The molecule has 3 aromatic rings. The number of nitrogens with one attached hydrogen (secondary N) is 2. The summed E-state index contributed by atoms with van der Waals surface area (Å²) in [4.78, 5) is 12.1. The zero-order valence-electron chi connectivity index (χ0n) is 15.5. The van der Waals surface area contributed by atoms with Crippen molar-refractivity contribution < 1.29 is 17.9 Å². The SMILES string of the molecule is O=C(COc1ccc(S(=O)(=O)Nc2ccc(Cl)c(Cl)c2)cc1)Nc1ccc(Cl)cc1Cl. The second-order valence-corrected chi connectivity index (χ2v) is 9.51. The van der Waals surface area contributed by atoms with Crippen LogP contribution in [-0.4, -0.2) is 20.9 Å². The number of carbonyl (C=O) groups is 1. The van der Waals surface area contributed by atoms with E-state index < -0.39 is 15.9 Å². The summed E-state index contributed by atoms with van der Waals surface area (Å²) in [5, 5.41) is 3.88. The van der Waals surface area contributed by atoms with Gasteiger partial charge in [0.05, 0.1) is 31.3 Å². The zero-order chi connectivity index (χ0) is 22.6. The normalized spacial score (nSPS) is 11.1. The van der Waals surface area contributed by atoms with Crippen LogP contribution < -0.4 is 14.8 Å². The van der Waals surface area contributed by atoms with Crippen molar-refractivity contribution in [2.24, 2.45) is 0 Å². The monoisotopic (exact) mass is 518 g/mol. The standard InChI is InChI=1S/C20H14Cl4N2O4S/c21-12-1-8-19(18(24)9-12)25-20(27)11-30-14-3-5-15(6-4-14)31(28,29)26-13-2-7-16(22)17(23)10-13/h1-10,26H,11H2,(H,25,27). The molecule has 0 aliphatic rings. The minimum atomic E-state index is -3.85. The maximum absolute atomic E-state index is 12.5. The van der Waals surface area contributed by atoms with Crippen molar-refractivity contribution >= 4 is 73.7 Å². The van der Waals surface area contributed by atoms with Gasteiger partial charge in [-0.3, -0.25) is 9.52 Å². The van der Waals surface area contributed by atoms with E-state index in [1.807, 2.05) is 0 Å². The lowest BCUT2D eigenvalue weighted by molar-refractivity contribution is -0.118. The number of sulfonamides is 1. The van der Waals surface area contributed by atoms with Crippen LogP contribution in [0.3, 0.4) is 0 Å². The first-order chi connectivity index (χ1) is 14.6. The van der Waals surface area contributed by atoms with Crippen molar-refractivity contribution in [3.05, 3.63) is 80.8 Å². The fraction of sp³-hybridized carbons (Fsp3) is 0.0500. The molecule has 0 spiro atoms. The van der Waals surface area contributed by atoms with Gasteiger partial charge in [0.1, 0.15) is 5.75 Å². The highest BCUT2D eigenvalue weighted by Crippen LogP contribution is 2.27. The molecule has 6 nitrogen and oxygen atoms in total. The van der Waals surface area contributed by atoms with Crippen LogP contribution in [-0.2, 0) is 14.8 Å². The molecule has 0 saturated heterocycles. The van der Waals surface area contributed by atoms with Crippen LogP contribution in [0.1, 0.15) is 0 Å². The van der Waals surface area contributed by atoms with Crippen molar-refractivity contribution in [2.75, 3.05) is 16.6 Å². The van der Waals surface area contributed by atoms with Crippen LogP contribution in [0.25, 0.3) is 0 Å². The molecule has 0 atom stereocenters. The number of halogens is 4. The Kier molecular flexibility index (Phi) is 7.56. The van der Waals surface area contributed by atoms with Gasteiger partial charge in [0.15, 0.2) is 6.61 Å². The van der Waals surface area contributed by atoms with E-state index in [2.05, 4.69) is 10.0 Å². The number of ether oxygens (including phenoxy) is 1. The Morgan fingerprint density at radius 1 is 0.839 bits per heavy atom. The van der Waals surface area contributed by atoms with Crippen LogP contribution in [0.15, 0.2) is 65.6 Å². The number of amides is 1. The maximum Gasteiger partial charge on any atom is 0.262 e. The number of benzene rings is 3. The highest BCUT2D eigenvalue weighted by Gasteiger charge is 2.15. The summed E-state index contributed by atoms with van der Waals surface area (Å²) in [5.74, 6) is -0.131. The predicted molar refractivity (Wildman–Crippen MR) is 124 cm³/mol. The van der Waals surface area contributed by atoms with Gasteiger partial charge in [0, 0.05) is 5.02 Å². The lowest BCUT2D eigenvalue weighted by Gasteiger charge is -2.11. The van der Waals surface area contributed by atoms with Crippen molar-refractivity contribution in [2.45, 2.75) is 4.90 Å². The average molecular weight is 520 g/mol. The van der Waals surface area contributed by atoms with E-state index in [9.17, 15) is 13.2 Å². The molecule has 0 bridgehead atoms. The fourth-order valence-corrected chi connectivity index (χ4v) is 4.22. The van der Waals surface area contributed by atoms with Crippen LogP contribution in [0, 0.1) is 0 Å². The number of hydrogen-bond donors (Lipinski definition) is 2. The van der Waals surface area contributed by atoms with Gasteiger partial charge in [-0.05, 0) is 60.7 Å². The molecule has 2 N–H and O–H groups in total. The summed E-state index contributed by atoms with van der Waals surface area (Å²) in [5.41, 5.74) is 0.668. The van der Waals surface area contributed by atoms with Crippen molar-refractivity contribution in [3.63, 3.8) is 0 Å². The van der Waals surface area contributed by atoms with Crippen LogP contribution in [0.5, 0.6) is 5.75 Å². The van der Waals surface area contributed by atoms with Crippen LogP contribution in [0.4, 0.5) is 11.4 Å². The highest BCUT2D eigenvalue weighted by molar-refractivity contribution is 7.92. The topological polar surface area (TPSA) is 84.5 Å². The molecule has 0 saturated carbocycles. The van der Waals surface area contributed by atoms with Gasteiger partial charge in [0.25, 0.3) is 15.9 Å². The number of anilines is 2. The Bertz CT molecular complexity index is 1220. The van der Waals surface area contributed by atoms with E-state index in [0.717, 1.165) is 0 Å². The smallest absolute Gasteiger partial charge is 0.262 e. The average Bonchev–Trinajstić information content (AvgIpc) is 2.71. The van der Waals surface area contributed by atoms with Gasteiger partial charge >= 0.3 is 0 Å². The van der Waals surface area contributed by atoms with Crippen molar-refractivity contribution in [1.82, 2.24) is 0 Å². The summed E-state index contributed by atoms with van der Waals surface area (Å²) in [7, 11) is -3.85. The molecule has 0 aromatic heterocycles. The lowest BCUT2D eigenvalue weighted by atomic mass is 10.3. The molecular weight excluding hydrogens is 506 g/mol. The van der Waals surface area contributed by atoms with E-state index in [4.69, 9.17) is 51.1 Å². The van der Waals surface area contributed by atoms with Gasteiger partial charge in [-0.15, -0.1) is 0 Å². The van der Waals surface area contributed by atoms with Gasteiger partial charge in [-0.1, -0.05) is 46.4 Å². The first-order valence-electron chi connectivity index (χ1n) is 8.60. The molecule has 0 aliphatic carbocycles. The lowest BCUT2D eigenvalue weighted by Crippen LogP contribution is -2.20. The Morgan fingerprint density at radius 3 is 2.19 bits per heavy atom. The molecular formula is C20H14Cl4N2O4S. The third-order valence-corrected chi connectivity index (χ3v) is 6.57. The third kappa shape index (κ3) is 6.41. The molecule has 3 aromatic carbocycles. The molecule has 1 amide bonds. The number of carbonyl (C=O) groups excluding carboxylic acids is 1. The van der Waals surface area contributed by atoms with E-state index in [-0.39, 0.29) is 22.2 Å². The Morgan fingerprint density at radius 2 is 1.55 bits per heavy atom. The molecule has 0 aliphatic heterocycles. The minimum absolute atomic E-state index is 0.00307. The molecule has 0 heterocycles. The molecule has 162 valence electrons. The Balaban J connectivity index is 1.60. The van der Waals surface area contributed by atoms with Crippen LogP contribution >= 0.6 is 46.4 Å². The van der Waals surface area contributed by atoms with Crippen LogP contribution in [0.2, 0.25) is 20.1 Å². The van der Waals surface area contributed by atoms with E-state index in [1.165, 1.54) is 48.5 Å². The maximum atomic E-state index is 12.5. The largest absolute Gasteiger partial charge is 0.484 e. The van der Waals surface area contributed by atoms with Gasteiger partial charge in [-0.25, -0.2) is 8.42 Å². The van der Waals surface area contributed by atoms with Gasteiger partial charge in [0.2, 0.25) is 0 Å². The number of hydrogen-bond acceptors (Lipinski definition) is 4. The fourth-order valence-electron chi connectivity index (χ4n) is 2.41. The summed E-state index contributed by atoms with van der Waals surface area (Å²) in [6.45, 7) is -0.299. The quantitative estimate of drug-likeness (QED) is 0.394. The summed E-state index contributed by atoms with van der Waals surface area (Å²) in [6.07, 6.45) is 0. The second-order valence-electron chi connectivity index (χ2n) is 6.17. The molecule has 11 heteroatoms. The third-order valence-electron chi connectivity index (χ3n) is 3.88. The molecule has 3 rings (SSSR count). The summed E-state index contributed by atoms with van der Waals surface area (Å²) < 4.78 is 32.8. The van der Waals surface area contributed by atoms with Crippen molar-refractivity contribution in [1.29, 1.82) is 0 Å². The van der Waals surface area contributed by atoms with Crippen molar-refractivity contribution in [3.8, 4) is 5.75 Å². The highest BCUT2D eigenvalue weighted by atomic mass is 35.5.